The Hall–Kier alpha value is -1.55. The molecule has 0 bridgehead atoms. The first-order chi connectivity index (χ1) is 8.43. The van der Waals surface area contributed by atoms with Crippen LogP contribution in [0.5, 0.6) is 0 Å². The maximum absolute atomic E-state index is 11.6. The van der Waals surface area contributed by atoms with Crippen molar-refractivity contribution in [2.75, 3.05) is 5.32 Å². The van der Waals surface area contributed by atoms with Crippen LogP contribution in [0, 0.1) is 6.92 Å². The fourth-order valence-corrected chi connectivity index (χ4v) is 1.56. The van der Waals surface area contributed by atoms with Gasteiger partial charge in [-0.15, -0.1) is 0 Å². The molecule has 0 saturated carbocycles. The van der Waals surface area contributed by atoms with Crippen molar-refractivity contribution in [3.05, 3.63) is 28.8 Å². The van der Waals surface area contributed by atoms with Crippen LogP contribution in [0.25, 0.3) is 0 Å². The van der Waals surface area contributed by atoms with Crippen LogP contribution in [0.4, 0.5) is 5.69 Å². The van der Waals surface area contributed by atoms with Crippen LogP contribution >= 0.6 is 11.6 Å². The summed E-state index contributed by atoms with van der Waals surface area (Å²) in [6, 6.07) is 5.04. The molecule has 0 fully saturated rings. The van der Waals surface area contributed by atoms with E-state index in [1.54, 1.807) is 18.2 Å². The first kappa shape index (κ1) is 14.5. The second-order valence-electron chi connectivity index (χ2n) is 4.20. The predicted molar refractivity (Wildman–Crippen MR) is 72.7 cm³/mol. The molecule has 0 spiro atoms. The van der Waals surface area contributed by atoms with Crippen molar-refractivity contribution in [1.82, 2.24) is 5.32 Å². The van der Waals surface area contributed by atoms with E-state index in [1.165, 1.54) is 0 Å². The summed E-state index contributed by atoms with van der Waals surface area (Å²) in [7, 11) is 0. The van der Waals surface area contributed by atoms with Gasteiger partial charge in [-0.3, -0.25) is 9.59 Å². The number of carbonyl (C=O) groups excluding carboxylic acids is 2. The average molecular weight is 269 g/mol. The third kappa shape index (κ3) is 4.04. The van der Waals surface area contributed by atoms with Gasteiger partial charge in [-0.05, 0) is 44.0 Å². The van der Waals surface area contributed by atoms with E-state index in [-0.39, 0.29) is 6.04 Å². The molecule has 0 unspecified atom stereocenters. The summed E-state index contributed by atoms with van der Waals surface area (Å²) < 4.78 is 0. The number of aryl methyl sites for hydroxylation is 1. The van der Waals surface area contributed by atoms with Crippen molar-refractivity contribution in [2.24, 2.45) is 0 Å². The van der Waals surface area contributed by atoms with Crippen LogP contribution in [0.3, 0.4) is 0 Å². The zero-order chi connectivity index (χ0) is 13.7. The highest BCUT2D eigenvalue weighted by Crippen LogP contribution is 2.19. The summed E-state index contributed by atoms with van der Waals surface area (Å²) in [6.45, 7) is 5.60. The molecule has 0 aliphatic carbocycles. The lowest BCUT2D eigenvalue weighted by Crippen LogP contribution is -2.40. The average Bonchev–Trinajstić information content (AvgIpc) is 2.32. The van der Waals surface area contributed by atoms with Crippen molar-refractivity contribution in [3.8, 4) is 0 Å². The molecule has 1 atom stereocenters. The van der Waals surface area contributed by atoms with Gasteiger partial charge in [0.1, 0.15) is 0 Å². The monoisotopic (exact) mass is 268 g/mol. The van der Waals surface area contributed by atoms with Gasteiger partial charge in [0.05, 0.1) is 0 Å². The van der Waals surface area contributed by atoms with Crippen molar-refractivity contribution in [1.29, 1.82) is 0 Å². The molecule has 0 radical (unpaired) electrons. The normalized spacial score (nSPS) is 11.8. The van der Waals surface area contributed by atoms with Crippen molar-refractivity contribution in [2.45, 2.75) is 33.2 Å². The van der Waals surface area contributed by atoms with Crippen LogP contribution in [0.2, 0.25) is 5.02 Å². The summed E-state index contributed by atoms with van der Waals surface area (Å²) >= 11 is 5.81. The topological polar surface area (TPSA) is 58.2 Å². The first-order valence-corrected chi connectivity index (χ1v) is 6.19. The molecule has 5 heteroatoms. The quantitative estimate of drug-likeness (QED) is 0.828. The Balaban J connectivity index is 2.67. The van der Waals surface area contributed by atoms with Gasteiger partial charge in [-0.2, -0.15) is 0 Å². The van der Waals surface area contributed by atoms with Gasteiger partial charge >= 0.3 is 11.8 Å². The maximum atomic E-state index is 11.6. The Labute approximate surface area is 112 Å². The Morgan fingerprint density at radius 1 is 1.33 bits per heavy atom. The Morgan fingerprint density at radius 2 is 2.00 bits per heavy atom. The van der Waals surface area contributed by atoms with E-state index in [9.17, 15) is 9.59 Å². The number of nitrogens with one attached hydrogen (secondary N) is 2. The van der Waals surface area contributed by atoms with Crippen LogP contribution in [0.15, 0.2) is 18.2 Å². The first-order valence-electron chi connectivity index (χ1n) is 5.82. The van der Waals surface area contributed by atoms with Gasteiger partial charge in [0.2, 0.25) is 0 Å². The van der Waals surface area contributed by atoms with Crippen molar-refractivity contribution < 1.29 is 9.59 Å². The molecule has 1 aromatic rings. The fraction of sp³-hybridized carbons (Fsp3) is 0.385. The molecule has 0 aliphatic heterocycles. The van der Waals surface area contributed by atoms with Crippen LogP contribution in [0.1, 0.15) is 25.8 Å². The molecular formula is C13H17ClN2O2. The van der Waals surface area contributed by atoms with Gasteiger partial charge in [-0.25, -0.2) is 0 Å². The highest BCUT2D eigenvalue weighted by molar-refractivity contribution is 6.39. The Morgan fingerprint density at radius 3 is 2.56 bits per heavy atom. The minimum absolute atomic E-state index is 0.0189. The van der Waals surface area contributed by atoms with Crippen LogP contribution in [-0.2, 0) is 9.59 Å². The summed E-state index contributed by atoms with van der Waals surface area (Å²) in [4.78, 5) is 23.2. The number of hydrogen-bond donors (Lipinski definition) is 2. The molecule has 0 aliphatic rings. The molecule has 0 aromatic heterocycles. The lowest BCUT2D eigenvalue weighted by atomic mass is 10.2. The highest BCUT2D eigenvalue weighted by atomic mass is 35.5. The number of halogens is 1. The van der Waals surface area contributed by atoms with E-state index in [0.29, 0.717) is 10.7 Å². The molecule has 98 valence electrons. The predicted octanol–water partition coefficient (Wildman–Crippen LogP) is 2.50. The molecule has 2 N–H and O–H groups in total. The van der Waals surface area contributed by atoms with E-state index in [4.69, 9.17) is 11.6 Å². The SMILES string of the molecule is CC[C@H](C)NC(=O)C(=O)Nc1ccc(Cl)cc1C. The van der Waals surface area contributed by atoms with E-state index >= 15 is 0 Å². The fourth-order valence-electron chi connectivity index (χ4n) is 1.34. The molecule has 1 rings (SSSR count). The smallest absolute Gasteiger partial charge is 0.313 e. The highest BCUT2D eigenvalue weighted by Gasteiger charge is 2.16. The summed E-state index contributed by atoms with van der Waals surface area (Å²) in [5.74, 6) is -1.29. The molecule has 0 heterocycles. The Bertz CT molecular complexity index is 460. The lowest BCUT2D eigenvalue weighted by molar-refractivity contribution is -0.136. The molecular weight excluding hydrogens is 252 g/mol. The number of benzene rings is 1. The van der Waals surface area contributed by atoms with Crippen LogP contribution < -0.4 is 10.6 Å². The number of amides is 2. The van der Waals surface area contributed by atoms with E-state index < -0.39 is 11.8 Å². The van der Waals surface area contributed by atoms with Gasteiger partial charge in [0.15, 0.2) is 0 Å². The standard InChI is InChI=1S/C13H17ClN2O2/c1-4-9(3)15-12(17)13(18)16-11-6-5-10(14)7-8(11)2/h5-7,9H,4H2,1-3H3,(H,15,17)(H,16,18)/t9-/m0/s1. The molecule has 0 saturated heterocycles. The summed E-state index contributed by atoms with van der Waals surface area (Å²) in [5, 5.41) is 5.75. The zero-order valence-corrected chi connectivity index (χ0v) is 11.5. The lowest BCUT2D eigenvalue weighted by Gasteiger charge is -2.12. The number of anilines is 1. The second kappa shape index (κ2) is 6.40. The van der Waals surface area contributed by atoms with E-state index in [1.807, 2.05) is 20.8 Å². The molecule has 2 amide bonds. The molecule has 18 heavy (non-hydrogen) atoms. The van der Waals surface area contributed by atoms with Gasteiger partial charge < -0.3 is 10.6 Å². The molecule has 1 aromatic carbocycles. The third-order valence-corrected chi connectivity index (χ3v) is 2.87. The van der Waals surface area contributed by atoms with Gasteiger partial charge in [0, 0.05) is 16.8 Å². The number of rotatable bonds is 3. The summed E-state index contributed by atoms with van der Waals surface area (Å²) in [5.41, 5.74) is 1.40. The largest absolute Gasteiger partial charge is 0.345 e. The van der Waals surface area contributed by atoms with Gasteiger partial charge in [-0.1, -0.05) is 18.5 Å². The third-order valence-electron chi connectivity index (χ3n) is 2.63. The second-order valence-corrected chi connectivity index (χ2v) is 4.63. The van der Waals surface area contributed by atoms with Crippen molar-refractivity contribution >= 4 is 29.1 Å². The van der Waals surface area contributed by atoms with E-state index in [0.717, 1.165) is 12.0 Å². The number of carbonyl (C=O) groups is 2. The Kier molecular flexibility index (Phi) is 5.16. The molecule has 4 nitrogen and oxygen atoms in total. The maximum Gasteiger partial charge on any atom is 0.313 e. The van der Waals surface area contributed by atoms with E-state index in [2.05, 4.69) is 10.6 Å². The van der Waals surface area contributed by atoms with Crippen molar-refractivity contribution in [3.63, 3.8) is 0 Å². The van der Waals surface area contributed by atoms with Crippen LogP contribution in [-0.4, -0.2) is 17.9 Å². The van der Waals surface area contributed by atoms with Gasteiger partial charge in [0.25, 0.3) is 0 Å². The number of hydrogen-bond acceptors (Lipinski definition) is 2. The minimum Gasteiger partial charge on any atom is -0.345 e. The summed E-state index contributed by atoms with van der Waals surface area (Å²) in [6.07, 6.45) is 0.777. The zero-order valence-electron chi connectivity index (χ0n) is 10.7. The minimum atomic E-state index is -0.666.